The maximum Gasteiger partial charge on any atom is 0.313 e. The molecule has 0 radical (unpaired) electrons. The normalized spacial score (nSPS) is 19.8. The quantitative estimate of drug-likeness (QED) is 0.260. The molecule has 3 aromatic carbocycles. The van der Waals surface area contributed by atoms with Gasteiger partial charge >= 0.3 is 5.56 Å². The predicted molar refractivity (Wildman–Crippen MR) is 153 cm³/mol. The highest BCUT2D eigenvalue weighted by Gasteiger charge is 2.50. The first-order valence-electron chi connectivity index (χ1n) is 13.9. The summed E-state index contributed by atoms with van der Waals surface area (Å²) in [5.41, 5.74) is 4.13. The minimum Gasteiger partial charge on any atom is -0.480 e. The van der Waals surface area contributed by atoms with Crippen molar-refractivity contribution in [2.75, 3.05) is 13.2 Å². The summed E-state index contributed by atoms with van der Waals surface area (Å²) in [6.45, 7) is -0.482. The third-order valence-corrected chi connectivity index (χ3v) is 8.66. The monoisotopic (exact) mass is 624 g/mol. The van der Waals surface area contributed by atoms with Crippen LogP contribution in [0.5, 0.6) is 28.7 Å². The summed E-state index contributed by atoms with van der Waals surface area (Å²) in [6, 6.07) is 11.5. The van der Waals surface area contributed by atoms with E-state index >= 15 is 8.78 Å². The number of hydrogen-bond acceptors (Lipinski definition) is 7. The number of carbonyl (C=O) groups excluding carboxylic acids is 1. The van der Waals surface area contributed by atoms with E-state index in [1.165, 1.54) is 0 Å². The second-order valence-electron chi connectivity index (χ2n) is 10.8. The highest BCUT2D eigenvalue weighted by atomic mass is 35.5. The van der Waals surface area contributed by atoms with Crippen LogP contribution >= 0.6 is 11.6 Å². The van der Waals surface area contributed by atoms with Gasteiger partial charge in [0.2, 0.25) is 17.4 Å². The van der Waals surface area contributed by atoms with Gasteiger partial charge in [0.05, 0.1) is 29.4 Å². The van der Waals surface area contributed by atoms with Crippen molar-refractivity contribution in [1.82, 2.24) is 15.1 Å². The largest absolute Gasteiger partial charge is 0.480 e. The standard InChI is InChI=1S/C31H24ClF3N4O5/c32-25-18(34)12-19-17(13-31(44-19,22-7-4-9-37-22)15-5-2-1-3-6-15)23(25)24-16(29(36)40)11-20-27(26(24)35)43-28-21(42-20)14-38-39(10-8-33)30(28)41/h1-3,5-6,11-12,14,22,37H,4,7-10,13H2,(H2,36,40)/t22-,31-/m0/s1. The van der Waals surface area contributed by atoms with E-state index in [2.05, 4.69) is 10.4 Å². The molecular weight excluding hydrogens is 601 g/mol. The van der Waals surface area contributed by atoms with Crippen LogP contribution in [0.15, 0.2) is 53.5 Å². The molecule has 0 bridgehead atoms. The van der Waals surface area contributed by atoms with Crippen molar-refractivity contribution in [3.8, 4) is 39.9 Å². The van der Waals surface area contributed by atoms with Crippen LogP contribution in [0.4, 0.5) is 13.2 Å². The minimum atomic E-state index is -1.17. The summed E-state index contributed by atoms with van der Waals surface area (Å²) in [6.07, 6.45) is 2.94. The molecule has 1 amide bonds. The zero-order chi connectivity index (χ0) is 30.7. The molecule has 3 aliphatic rings. The Balaban J connectivity index is 1.43. The number of alkyl halides is 1. The molecule has 2 atom stereocenters. The molecule has 0 aliphatic carbocycles. The van der Waals surface area contributed by atoms with Gasteiger partial charge in [0.15, 0.2) is 22.9 Å². The van der Waals surface area contributed by atoms with Crippen molar-refractivity contribution in [1.29, 1.82) is 0 Å². The Bertz CT molecular complexity index is 1900. The summed E-state index contributed by atoms with van der Waals surface area (Å²) in [5.74, 6) is -4.43. The van der Waals surface area contributed by atoms with Gasteiger partial charge in [-0.2, -0.15) is 5.10 Å². The predicted octanol–water partition coefficient (Wildman–Crippen LogP) is 5.39. The van der Waals surface area contributed by atoms with Gasteiger partial charge in [-0.1, -0.05) is 41.9 Å². The number of fused-ring (bicyclic) bond motifs is 3. The van der Waals surface area contributed by atoms with Crippen molar-refractivity contribution in [2.24, 2.45) is 5.73 Å². The highest BCUT2D eigenvalue weighted by Crippen LogP contribution is 2.54. The Hall–Kier alpha value is -4.55. The smallest absolute Gasteiger partial charge is 0.313 e. The third kappa shape index (κ3) is 4.23. The SMILES string of the molecule is NC(=O)c1cc2c(c(F)c1-c1c(Cl)c(F)cc3c1C[C@](c1ccccc1)([C@@H]1CCCN1)O3)Oc1c(cnn(CCF)c1=O)O2. The van der Waals surface area contributed by atoms with Crippen LogP contribution < -0.4 is 30.8 Å². The van der Waals surface area contributed by atoms with Crippen LogP contribution in [0.1, 0.15) is 34.3 Å². The van der Waals surface area contributed by atoms with Crippen molar-refractivity contribution in [2.45, 2.75) is 37.5 Å². The van der Waals surface area contributed by atoms with Crippen molar-refractivity contribution in [3.05, 3.63) is 92.4 Å². The Morgan fingerprint density at radius 1 is 1.11 bits per heavy atom. The molecular formula is C31H24ClF3N4O5. The molecule has 1 fully saturated rings. The topological polar surface area (TPSA) is 118 Å². The van der Waals surface area contributed by atoms with Gasteiger partial charge in [0, 0.05) is 29.2 Å². The average molecular weight is 625 g/mol. The van der Waals surface area contributed by atoms with Gasteiger partial charge < -0.3 is 25.3 Å². The molecule has 3 aliphatic heterocycles. The molecule has 1 aromatic heterocycles. The molecule has 0 unspecified atom stereocenters. The molecule has 4 aromatic rings. The van der Waals surface area contributed by atoms with Crippen LogP contribution in [0.3, 0.4) is 0 Å². The number of rotatable bonds is 6. The van der Waals surface area contributed by atoms with E-state index in [9.17, 15) is 14.0 Å². The second-order valence-corrected chi connectivity index (χ2v) is 11.1. The van der Waals surface area contributed by atoms with Crippen molar-refractivity contribution >= 4 is 17.5 Å². The van der Waals surface area contributed by atoms with Gasteiger partial charge in [-0.05, 0) is 31.0 Å². The molecule has 0 saturated carbocycles. The summed E-state index contributed by atoms with van der Waals surface area (Å²) < 4.78 is 63.9. The fourth-order valence-electron chi connectivity index (χ4n) is 6.32. The van der Waals surface area contributed by atoms with Gasteiger partial charge in [0.1, 0.15) is 18.2 Å². The molecule has 226 valence electrons. The molecule has 3 N–H and O–H groups in total. The number of aromatic nitrogens is 2. The molecule has 13 heteroatoms. The summed E-state index contributed by atoms with van der Waals surface area (Å²) >= 11 is 6.57. The first-order chi connectivity index (χ1) is 21.2. The zero-order valence-corrected chi connectivity index (χ0v) is 23.7. The van der Waals surface area contributed by atoms with E-state index in [0.717, 1.165) is 48.0 Å². The van der Waals surface area contributed by atoms with Crippen LogP contribution in [0.2, 0.25) is 5.02 Å². The van der Waals surface area contributed by atoms with E-state index in [1.54, 1.807) is 0 Å². The number of halogens is 4. The lowest BCUT2D eigenvalue weighted by molar-refractivity contribution is 0.0539. The van der Waals surface area contributed by atoms with Crippen LogP contribution in [0.25, 0.3) is 11.1 Å². The summed E-state index contributed by atoms with van der Waals surface area (Å²) in [7, 11) is 0. The number of nitrogens with one attached hydrogen (secondary N) is 1. The maximum absolute atomic E-state index is 16.7. The number of nitrogens with zero attached hydrogens (tertiary/aromatic N) is 2. The van der Waals surface area contributed by atoms with E-state index in [-0.39, 0.29) is 47.4 Å². The van der Waals surface area contributed by atoms with Gasteiger partial charge in [0.25, 0.3) is 0 Å². The molecule has 1 saturated heterocycles. The Kier molecular flexibility index (Phi) is 6.78. The molecule has 4 heterocycles. The number of amides is 1. The summed E-state index contributed by atoms with van der Waals surface area (Å²) in [5, 5.41) is 6.85. The number of carbonyl (C=O) groups is 1. The Morgan fingerprint density at radius 3 is 2.61 bits per heavy atom. The molecule has 9 nitrogen and oxygen atoms in total. The fraction of sp³-hybridized carbons (Fsp3) is 0.258. The highest BCUT2D eigenvalue weighted by molar-refractivity contribution is 6.34. The number of primary amides is 1. The minimum absolute atomic E-state index is 0.134. The first kappa shape index (κ1) is 28.2. The van der Waals surface area contributed by atoms with Crippen LogP contribution in [-0.4, -0.2) is 34.9 Å². The van der Waals surface area contributed by atoms with Crippen LogP contribution in [0, 0.1) is 11.6 Å². The average Bonchev–Trinajstić information content (AvgIpc) is 3.69. The van der Waals surface area contributed by atoms with Gasteiger partial charge in [-0.3, -0.25) is 9.59 Å². The lowest BCUT2D eigenvalue weighted by atomic mass is 9.80. The van der Waals surface area contributed by atoms with Crippen LogP contribution in [-0.2, 0) is 18.6 Å². The number of nitrogens with two attached hydrogens (primary N) is 1. The molecule has 0 spiro atoms. The molecule has 7 rings (SSSR count). The maximum atomic E-state index is 16.7. The first-order valence-corrected chi connectivity index (χ1v) is 14.3. The lowest BCUT2D eigenvalue weighted by Gasteiger charge is -2.35. The molecule has 44 heavy (non-hydrogen) atoms. The van der Waals surface area contributed by atoms with E-state index in [4.69, 9.17) is 31.5 Å². The van der Waals surface area contributed by atoms with E-state index in [0.29, 0.717) is 5.56 Å². The Morgan fingerprint density at radius 2 is 1.91 bits per heavy atom. The Labute approximate surface area is 253 Å². The number of hydrogen-bond donors (Lipinski definition) is 2. The lowest BCUT2D eigenvalue weighted by Crippen LogP contribution is -2.48. The second kappa shape index (κ2) is 10.6. The number of benzene rings is 3. The van der Waals surface area contributed by atoms with E-state index in [1.807, 2.05) is 30.3 Å². The number of aryl methyl sites for hydroxylation is 1. The van der Waals surface area contributed by atoms with E-state index < -0.39 is 57.5 Å². The van der Waals surface area contributed by atoms with Crippen molar-refractivity contribution in [3.63, 3.8) is 0 Å². The summed E-state index contributed by atoms with van der Waals surface area (Å²) in [4.78, 5) is 25.7. The third-order valence-electron chi connectivity index (χ3n) is 8.29. The zero-order valence-electron chi connectivity index (χ0n) is 23.0. The van der Waals surface area contributed by atoms with Gasteiger partial charge in [-0.15, -0.1) is 0 Å². The van der Waals surface area contributed by atoms with Crippen molar-refractivity contribution < 1.29 is 32.2 Å². The fourth-order valence-corrected chi connectivity index (χ4v) is 6.59. The number of ether oxygens (including phenoxy) is 3. The van der Waals surface area contributed by atoms with Gasteiger partial charge in [-0.25, -0.2) is 17.9 Å².